The summed E-state index contributed by atoms with van der Waals surface area (Å²) in [6, 6.07) is 5.53. The first-order chi connectivity index (χ1) is 9.60. The summed E-state index contributed by atoms with van der Waals surface area (Å²) >= 11 is 0. The molecule has 1 unspecified atom stereocenters. The fraction of sp³-hybridized carbons (Fsp3) is 0.533. The highest BCUT2D eigenvalue weighted by Crippen LogP contribution is 2.23. The van der Waals surface area contributed by atoms with E-state index in [1.165, 1.54) is 0 Å². The first kappa shape index (κ1) is 16.3. The molecule has 3 N–H and O–H groups in total. The van der Waals surface area contributed by atoms with E-state index in [4.69, 9.17) is 15.2 Å². The first-order valence-electron chi connectivity index (χ1n) is 6.89. The van der Waals surface area contributed by atoms with Crippen molar-refractivity contribution < 1.29 is 14.3 Å². The van der Waals surface area contributed by atoms with Crippen molar-refractivity contribution in [3.8, 4) is 11.5 Å². The molecule has 0 fully saturated rings. The Labute approximate surface area is 120 Å². The highest BCUT2D eigenvalue weighted by atomic mass is 16.5. The smallest absolute Gasteiger partial charge is 0.258 e. The summed E-state index contributed by atoms with van der Waals surface area (Å²) in [5.74, 6) is 1.22. The molecule has 1 atom stereocenters. The van der Waals surface area contributed by atoms with Crippen molar-refractivity contribution >= 4 is 5.91 Å². The van der Waals surface area contributed by atoms with Crippen LogP contribution in [-0.4, -0.2) is 25.7 Å². The Balaban J connectivity index is 2.54. The molecule has 5 heteroatoms. The van der Waals surface area contributed by atoms with Crippen molar-refractivity contribution in [2.24, 2.45) is 5.73 Å². The summed E-state index contributed by atoms with van der Waals surface area (Å²) < 4.78 is 10.6. The van der Waals surface area contributed by atoms with Crippen molar-refractivity contribution in [2.75, 3.05) is 13.7 Å². The van der Waals surface area contributed by atoms with E-state index < -0.39 is 0 Å². The fourth-order valence-electron chi connectivity index (χ4n) is 1.95. The predicted octanol–water partition coefficient (Wildman–Crippen LogP) is 1.84. The van der Waals surface area contributed by atoms with Gasteiger partial charge in [0.05, 0.1) is 7.11 Å². The average Bonchev–Trinajstić information content (AvgIpc) is 2.45. The van der Waals surface area contributed by atoms with Gasteiger partial charge in [-0.2, -0.15) is 0 Å². The predicted molar refractivity (Wildman–Crippen MR) is 78.9 cm³/mol. The van der Waals surface area contributed by atoms with Crippen LogP contribution in [0.15, 0.2) is 18.2 Å². The van der Waals surface area contributed by atoms with Crippen LogP contribution in [0.5, 0.6) is 11.5 Å². The molecular weight excluding hydrogens is 256 g/mol. The van der Waals surface area contributed by atoms with Gasteiger partial charge in [-0.25, -0.2) is 0 Å². The molecule has 0 bridgehead atoms. The van der Waals surface area contributed by atoms with Gasteiger partial charge in [0.2, 0.25) is 0 Å². The van der Waals surface area contributed by atoms with Crippen LogP contribution in [0, 0.1) is 0 Å². The third-order valence-corrected chi connectivity index (χ3v) is 2.98. The zero-order chi connectivity index (χ0) is 15.0. The minimum Gasteiger partial charge on any atom is -0.497 e. The van der Waals surface area contributed by atoms with Gasteiger partial charge in [0, 0.05) is 18.2 Å². The summed E-state index contributed by atoms with van der Waals surface area (Å²) in [5.41, 5.74) is 6.48. The lowest BCUT2D eigenvalue weighted by Gasteiger charge is -2.15. The molecular formula is C15H24N2O3. The van der Waals surface area contributed by atoms with Gasteiger partial charge in [0.15, 0.2) is 6.61 Å². The number of rotatable bonds is 8. The molecule has 0 aliphatic carbocycles. The van der Waals surface area contributed by atoms with E-state index in [0.29, 0.717) is 12.3 Å². The molecule has 1 rings (SSSR count). The van der Waals surface area contributed by atoms with Crippen molar-refractivity contribution in [3.05, 3.63) is 23.8 Å². The van der Waals surface area contributed by atoms with E-state index >= 15 is 0 Å². The van der Waals surface area contributed by atoms with Gasteiger partial charge in [-0.3, -0.25) is 4.79 Å². The third kappa shape index (κ3) is 5.09. The van der Waals surface area contributed by atoms with E-state index in [1.54, 1.807) is 19.2 Å². The highest BCUT2D eigenvalue weighted by molar-refractivity contribution is 5.77. The van der Waals surface area contributed by atoms with Gasteiger partial charge >= 0.3 is 0 Å². The Morgan fingerprint density at radius 1 is 1.45 bits per heavy atom. The number of hydrogen-bond acceptors (Lipinski definition) is 4. The second-order valence-corrected chi connectivity index (χ2v) is 4.72. The Morgan fingerprint density at radius 2 is 2.20 bits per heavy atom. The van der Waals surface area contributed by atoms with E-state index in [1.807, 2.05) is 13.0 Å². The van der Waals surface area contributed by atoms with E-state index in [-0.39, 0.29) is 18.6 Å². The zero-order valence-electron chi connectivity index (χ0n) is 12.4. The number of carbonyl (C=O) groups excluding carboxylic acids is 1. The maximum atomic E-state index is 11.7. The van der Waals surface area contributed by atoms with E-state index in [2.05, 4.69) is 12.2 Å². The van der Waals surface area contributed by atoms with Crippen LogP contribution in [0.2, 0.25) is 0 Å². The summed E-state index contributed by atoms with van der Waals surface area (Å²) in [4.78, 5) is 11.7. The van der Waals surface area contributed by atoms with Crippen LogP contribution >= 0.6 is 0 Å². The van der Waals surface area contributed by atoms with Crippen LogP contribution in [0.1, 0.15) is 32.3 Å². The second-order valence-electron chi connectivity index (χ2n) is 4.72. The highest BCUT2D eigenvalue weighted by Gasteiger charge is 2.09. The monoisotopic (exact) mass is 280 g/mol. The molecule has 0 spiro atoms. The number of hydrogen-bond donors (Lipinski definition) is 2. The van der Waals surface area contributed by atoms with Gasteiger partial charge in [0.1, 0.15) is 11.5 Å². The van der Waals surface area contributed by atoms with Crippen molar-refractivity contribution in [1.82, 2.24) is 5.32 Å². The second kappa shape index (κ2) is 8.43. The Hall–Kier alpha value is -1.75. The van der Waals surface area contributed by atoms with Crippen molar-refractivity contribution in [2.45, 2.75) is 39.3 Å². The van der Waals surface area contributed by atoms with Crippen LogP contribution in [0.3, 0.4) is 0 Å². The molecule has 0 aromatic heterocycles. The molecule has 0 saturated carbocycles. The lowest BCUT2D eigenvalue weighted by molar-refractivity contribution is -0.123. The first-order valence-corrected chi connectivity index (χ1v) is 6.89. The molecule has 1 aromatic rings. The summed E-state index contributed by atoms with van der Waals surface area (Å²) in [7, 11) is 1.60. The number of amides is 1. The van der Waals surface area contributed by atoms with Gasteiger partial charge in [-0.1, -0.05) is 13.3 Å². The molecule has 0 heterocycles. The van der Waals surface area contributed by atoms with Crippen molar-refractivity contribution in [3.63, 3.8) is 0 Å². The quantitative estimate of drug-likeness (QED) is 0.762. The number of nitrogens with two attached hydrogens (primary N) is 1. The molecule has 5 nitrogen and oxygen atoms in total. The number of benzene rings is 1. The number of carbonyl (C=O) groups is 1. The molecule has 0 aliphatic heterocycles. The standard InChI is InChI=1S/C15H24N2O3/c1-4-5-11(2)17-15(18)10-20-14-7-6-13(19-3)8-12(14)9-16/h6-8,11H,4-5,9-10,16H2,1-3H3,(H,17,18). The van der Waals surface area contributed by atoms with Gasteiger partial charge in [-0.15, -0.1) is 0 Å². The normalized spacial score (nSPS) is 11.8. The largest absolute Gasteiger partial charge is 0.497 e. The number of ether oxygens (including phenoxy) is 2. The molecule has 20 heavy (non-hydrogen) atoms. The lowest BCUT2D eigenvalue weighted by Crippen LogP contribution is -2.36. The fourth-order valence-corrected chi connectivity index (χ4v) is 1.95. The van der Waals surface area contributed by atoms with Gasteiger partial charge in [-0.05, 0) is 31.5 Å². The molecule has 112 valence electrons. The Bertz CT molecular complexity index is 435. The number of nitrogens with one attached hydrogen (secondary N) is 1. The van der Waals surface area contributed by atoms with Crippen LogP contribution in [-0.2, 0) is 11.3 Å². The maximum absolute atomic E-state index is 11.7. The molecule has 0 radical (unpaired) electrons. The van der Waals surface area contributed by atoms with E-state index in [0.717, 1.165) is 24.2 Å². The van der Waals surface area contributed by atoms with Crippen LogP contribution in [0.4, 0.5) is 0 Å². The molecule has 1 amide bonds. The van der Waals surface area contributed by atoms with Crippen LogP contribution in [0.25, 0.3) is 0 Å². The van der Waals surface area contributed by atoms with Crippen molar-refractivity contribution in [1.29, 1.82) is 0 Å². The van der Waals surface area contributed by atoms with Crippen LogP contribution < -0.4 is 20.5 Å². The molecule has 0 saturated heterocycles. The van der Waals surface area contributed by atoms with Gasteiger partial charge < -0.3 is 20.5 Å². The average molecular weight is 280 g/mol. The Morgan fingerprint density at radius 3 is 2.80 bits per heavy atom. The minimum absolute atomic E-state index is 0.00656. The third-order valence-electron chi connectivity index (χ3n) is 2.98. The maximum Gasteiger partial charge on any atom is 0.258 e. The molecule has 1 aromatic carbocycles. The van der Waals surface area contributed by atoms with E-state index in [9.17, 15) is 4.79 Å². The van der Waals surface area contributed by atoms with Gasteiger partial charge in [0.25, 0.3) is 5.91 Å². The zero-order valence-corrected chi connectivity index (χ0v) is 12.4. The minimum atomic E-state index is -0.121. The topological polar surface area (TPSA) is 73.6 Å². The SMILES string of the molecule is CCCC(C)NC(=O)COc1ccc(OC)cc1CN. The summed E-state index contributed by atoms with van der Waals surface area (Å²) in [5, 5.41) is 2.89. The number of methoxy groups -OCH3 is 1. The Kier molecular flexibility index (Phi) is 6.87. The molecule has 0 aliphatic rings. The summed E-state index contributed by atoms with van der Waals surface area (Å²) in [6.45, 7) is 4.40. The summed E-state index contributed by atoms with van der Waals surface area (Å²) in [6.07, 6.45) is 2.00. The lowest BCUT2D eigenvalue weighted by atomic mass is 10.2.